The van der Waals surface area contributed by atoms with Gasteiger partial charge in [-0.25, -0.2) is 0 Å². The minimum absolute atomic E-state index is 0.0244. The largest absolute Gasteiger partial charge is 0.382 e. The van der Waals surface area contributed by atoms with Crippen LogP contribution in [-0.2, 0) is 4.79 Å². The molecule has 0 saturated carbocycles. The lowest BCUT2D eigenvalue weighted by Crippen LogP contribution is -2.28. The van der Waals surface area contributed by atoms with Crippen molar-refractivity contribution in [2.75, 3.05) is 31.7 Å². The number of hydrogen-bond donors (Lipinski definition) is 2. The second kappa shape index (κ2) is 4.40. The van der Waals surface area contributed by atoms with Gasteiger partial charge in [0.05, 0.1) is 6.54 Å². The maximum Gasteiger partial charge on any atom is 0.241 e. The zero-order valence-corrected chi connectivity index (χ0v) is 8.19. The van der Waals surface area contributed by atoms with Crippen molar-refractivity contribution in [2.45, 2.75) is 0 Å². The van der Waals surface area contributed by atoms with Crippen LogP contribution in [0.15, 0.2) is 12.1 Å². The summed E-state index contributed by atoms with van der Waals surface area (Å²) in [5.74, 6) is 0.868. The van der Waals surface area contributed by atoms with Crippen molar-refractivity contribution in [1.29, 1.82) is 0 Å². The molecule has 0 fully saturated rings. The summed E-state index contributed by atoms with van der Waals surface area (Å²) in [5, 5.41) is 10.2. The Labute approximate surface area is 82.1 Å². The zero-order valence-electron chi connectivity index (χ0n) is 8.19. The molecule has 1 amide bonds. The molecule has 3 N–H and O–H groups in total. The Morgan fingerprint density at radius 2 is 2.21 bits per heavy atom. The Balaban J connectivity index is 2.46. The van der Waals surface area contributed by atoms with Gasteiger partial charge in [-0.1, -0.05) is 0 Å². The molecule has 1 aromatic heterocycles. The first-order chi connectivity index (χ1) is 6.59. The second-order valence-corrected chi connectivity index (χ2v) is 2.99. The van der Waals surface area contributed by atoms with Gasteiger partial charge in [0.2, 0.25) is 5.91 Å². The standard InChI is InChI=1S/C8H13N5O/c1-13(2)8(14)5-10-7-4-3-6(9)11-12-7/h3-4H,5H2,1-2H3,(H2,9,11)(H,10,12). The summed E-state index contributed by atoms with van der Waals surface area (Å²) in [7, 11) is 3.39. The van der Waals surface area contributed by atoms with Crippen molar-refractivity contribution in [1.82, 2.24) is 15.1 Å². The second-order valence-electron chi connectivity index (χ2n) is 2.99. The number of amides is 1. The number of carbonyl (C=O) groups excluding carboxylic acids is 1. The molecule has 0 radical (unpaired) electrons. The van der Waals surface area contributed by atoms with E-state index in [9.17, 15) is 4.79 Å². The van der Waals surface area contributed by atoms with E-state index in [4.69, 9.17) is 5.73 Å². The third kappa shape index (κ3) is 2.89. The number of carbonyl (C=O) groups is 1. The molecular weight excluding hydrogens is 182 g/mol. The van der Waals surface area contributed by atoms with Gasteiger partial charge in [0.15, 0.2) is 0 Å². The maximum atomic E-state index is 11.2. The van der Waals surface area contributed by atoms with Crippen LogP contribution in [-0.4, -0.2) is 41.6 Å². The van der Waals surface area contributed by atoms with E-state index in [1.165, 1.54) is 4.90 Å². The van der Waals surface area contributed by atoms with Crippen LogP contribution < -0.4 is 11.1 Å². The normalized spacial score (nSPS) is 9.57. The molecule has 0 atom stereocenters. The minimum Gasteiger partial charge on any atom is -0.382 e. The van der Waals surface area contributed by atoms with E-state index in [-0.39, 0.29) is 12.5 Å². The number of likely N-dealkylation sites (N-methyl/N-ethyl adjacent to an activating group) is 1. The predicted molar refractivity (Wildman–Crippen MR) is 53.6 cm³/mol. The monoisotopic (exact) mass is 195 g/mol. The van der Waals surface area contributed by atoms with E-state index < -0.39 is 0 Å². The highest BCUT2D eigenvalue weighted by molar-refractivity contribution is 5.79. The van der Waals surface area contributed by atoms with Gasteiger partial charge in [-0.15, -0.1) is 10.2 Å². The fourth-order valence-electron chi connectivity index (χ4n) is 0.761. The van der Waals surface area contributed by atoms with E-state index in [2.05, 4.69) is 15.5 Å². The summed E-state index contributed by atoms with van der Waals surface area (Å²) in [4.78, 5) is 12.7. The summed E-state index contributed by atoms with van der Waals surface area (Å²) in [6.07, 6.45) is 0. The molecule has 1 rings (SSSR count). The quantitative estimate of drug-likeness (QED) is 0.683. The van der Waals surface area contributed by atoms with Gasteiger partial charge in [-0.2, -0.15) is 0 Å². The number of hydrogen-bond acceptors (Lipinski definition) is 5. The SMILES string of the molecule is CN(C)C(=O)CNc1ccc(N)nn1. The van der Waals surface area contributed by atoms with Gasteiger partial charge in [0.25, 0.3) is 0 Å². The molecule has 76 valence electrons. The molecule has 14 heavy (non-hydrogen) atoms. The van der Waals surface area contributed by atoms with Gasteiger partial charge in [-0.05, 0) is 12.1 Å². The highest BCUT2D eigenvalue weighted by Gasteiger charge is 2.03. The molecule has 0 aliphatic heterocycles. The Morgan fingerprint density at radius 3 is 2.71 bits per heavy atom. The average molecular weight is 195 g/mol. The Bertz CT molecular complexity index is 308. The highest BCUT2D eigenvalue weighted by Crippen LogP contribution is 2.01. The first-order valence-electron chi connectivity index (χ1n) is 4.13. The summed E-state index contributed by atoms with van der Waals surface area (Å²) in [5.41, 5.74) is 5.35. The van der Waals surface area contributed by atoms with Crippen LogP contribution in [0.2, 0.25) is 0 Å². The fraction of sp³-hybridized carbons (Fsp3) is 0.375. The number of anilines is 2. The van der Waals surface area contributed by atoms with Crippen molar-refractivity contribution in [3.8, 4) is 0 Å². The van der Waals surface area contributed by atoms with Crippen LogP contribution in [0.1, 0.15) is 0 Å². The molecule has 0 aliphatic rings. The van der Waals surface area contributed by atoms with Crippen LogP contribution in [0.4, 0.5) is 11.6 Å². The van der Waals surface area contributed by atoms with Gasteiger partial charge in [-0.3, -0.25) is 4.79 Å². The first-order valence-corrected chi connectivity index (χ1v) is 4.13. The molecule has 0 unspecified atom stereocenters. The van der Waals surface area contributed by atoms with E-state index in [1.54, 1.807) is 26.2 Å². The van der Waals surface area contributed by atoms with Crippen molar-refractivity contribution < 1.29 is 4.79 Å². The number of aromatic nitrogens is 2. The molecule has 1 aromatic rings. The summed E-state index contributed by atoms with van der Waals surface area (Å²) in [6.45, 7) is 0.200. The summed E-state index contributed by atoms with van der Waals surface area (Å²) < 4.78 is 0. The van der Waals surface area contributed by atoms with Crippen molar-refractivity contribution in [2.24, 2.45) is 0 Å². The molecule has 0 spiro atoms. The maximum absolute atomic E-state index is 11.2. The van der Waals surface area contributed by atoms with Crippen molar-refractivity contribution in [3.05, 3.63) is 12.1 Å². The van der Waals surface area contributed by atoms with Crippen molar-refractivity contribution >= 4 is 17.5 Å². The van der Waals surface area contributed by atoms with Gasteiger partial charge in [0, 0.05) is 14.1 Å². The molecule has 0 bridgehead atoms. The smallest absolute Gasteiger partial charge is 0.241 e. The van der Waals surface area contributed by atoms with Gasteiger partial charge in [0.1, 0.15) is 11.6 Å². The average Bonchev–Trinajstić information content (AvgIpc) is 2.16. The molecule has 0 aromatic carbocycles. The Morgan fingerprint density at radius 1 is 1.50 bits per heavy atom. The predicted octanol–water partition coefficient (Wildman–Crippen LogP) is -0.441. The van der Waals surface area contributed by atoms with Crippen molar-refractivity contribution in [3.63, 3.8) is 0 Å². The van der Waals surface area contributed by atoms with E-state index in [1.807, 2.05) is 0 Å². The molecule has 6 heteroatoms. The number of nitrogens with two attached hydrogens (primary N) is 1. The highest BCUT2D eigenvalue weighted by atomic mass is 16.2. The minimum atomic E-state index is -0.0244. The van der Waals surface area contributed by atoms with E-state index >= 15 is 0 Å². The molecule has 0 saturated heterocycles. The summed E-state index contributed by atoms with van der Waals surface area (Å²) >= 11 is 0. The molecule has 1 heterocycles. The lowest BCUT2D eigenvalue weighted by molar-refractivity contribution is -0.126. The lowest BCUT2D eigenvalue weighted by atomic mass is 10.4. The van der Waals surface area contributed by atoms with E-state index in [0.29, 0.717) is 11.6 Å². The summed E-state index contributed by atoms with van der Waals surface area (Å²) in [6, 6.07) is 3.29. The van der Waals surface area contributed by atoms with Gasteiger partial charge >= 0.3 is 0 Å². The zero-order chi connectivity index (χ0) is 10.6. The van der Waals surface area contributed by atoms with E-state index in [0.717, 1.165) is 0 Å². The van der Waals surface area contributed by atoms with Crippen LogP contribution in [0.25, 0.3) is 0 Å². The van der Waals surface area contributed by atoms with Crippen LogP contribution in [0.5, 0.6) is 0 Å². The molecule has 0 aliphatic carbocycles. The number of rotatable bonds is 3. The number of nitrogens with zero attached hydrogens (tertiary/aromatic N) is 3. The van der Waals surface area contributed by atoms with Crippen LogP contribution >= 0.6 is 0 Å². The number of nitrogens with one attached hydrogen (secondary N) is 1. The Hall–Kier alpha value is -1.85. The Kier molecular flexibility index (Phi) is 3.22. The van der Waals surface area contributed by atoms with Crippen LogP contribution in [0, 0.1) is 0 Å². The third-order valence-electron chi connectivity index (χ3n) is 1.60. The lowest BCUT2D eigenvalue weighted by Gasteiger charge is -2.10. The number of nitrogen functional groups attached to an aromatic ring is 1. The van der Waals surface area contributed by atoms with Gasteiger partial charge < -0.3 is 16.0 Å². The first kappa shape index (κ1) is 10.2. The van der Waals surface area contributed by atoms with Crippen LogP contribution in [0.3, 0.4) is 0 Å². The molecule has 6 nitrogen and oxygen atoms in total. The third-order valence-corrected chi connectivity index (χ3v) is 1.60. The molecular formula is C8H13N5O. The topological polar surface area (TPSA) is 84.1 Å². The fourth-order valence-corrected chi connectivity index (χ4v) is 0.761.